The molecule has 0 spiro atoms. The van der Waals surface area contributed by atoms with Gasteiger partial charge in [-0.25, -0.2) is 0 Å². The molecule has 0 radical (unpaired) electrons. The van der Waals surface area contributed by atoms with Crippen LogP contribution in [-0.4, -0.2) is 30.2 Å². The second kappa shape index (κ2) is 5.04. The van der Waals surface area contributed by atoms with Gasteiger partial charge in [0, 0.05) is 25.3 Å². The van der Waals surface area contributed by atoms with Crippen molar-refractivity contribution < 1.29 is 9.52 Å². The predicted molar refractivity (Wildman–Crippen MR) is 51.3 cm³/mol. The standard InChI is InChI=1S/C10H17NO2/c1-9(7-12)5-11(2)6-10-3-4-13-8-10/h3-4,8-9,12H,5-7H2,1-2H3. The molecule has 0 aliphatic heterocycles. The van der Waals surface area contributed by atoms with E-state index in [9.17, 15) is 0 Å². The third-order valence-corrected chi connectivity index (χ3v) is 1.97. The number of aliphatic hydroxyl groups excluding tert-OH is 1. The quantitative estimate of drug-likeness (QED) is 0.748. The van der Waals surface area contributed by atoms with Crippen molar-refractivity contribution in [1.82, 2.24) is 4.90 Å². The van der Waals surface area contributed by atoms with Crippen LogP contribution < -0.4 is 0 Å². The maximum atomic E-state index is 8.86. The van der Waals surface area contributed by atoms with Crippen molar-refractivity contribution in [3.63, 3.8) is 0 Å². The van der Waals surface area contributed by atoms with Crippen molar-refractivity contribution in [2.75, 3.05) is 20.2 Å². The molecule has 1 rings (SSSR count). The molecule has 0 saturated heterocycles. The molecule has 0 saturated carbocycles. The summed E-state index contributed by atoms with van der Waals surface area (Å²) in [5.74, 6) is 0.330. The average molecular weight is 183 g/mol. The number of hydrogen-bond acceptors (Lipinski definition) is 3. The molecular formula is C10H17NO2. The normalized spacial score (nSPS) is 13.5. The Morgan fingerprint density at radius 2 is 2.38 bits per heavy atom. The van der Waals surface area contributed by atoms with E-state index in [2.05, 4.69) is 4.90 Å². The summed E-state index contributed by atoms with van der Waals surface area (Å²) in [7, 11) is 2.04. The summed E-state index contributed by atoms with van der Waals surface area (Å²) in [6, 6.07) is 1.96. The van der Waals surface area contributed by atoms with Crippen LogP contribution in [0.25, 0.3) is 0 Å². The molecule has 74 valence electrons. The van der Waals surface area contributed by atoms with Crippen LogP contribution in [-0.2, 0) is 6.54 Å². The second-order valence-corrected chi connectivity index (χ2v) is 3.62. The van der Waals surface area contributed by atoms with Crippen molar-refractivity contribution in [2.45, 2.75) is 13.5 Å². The number of hydrogen-bond donors (Lipinski definition) is 1. The Balaban J connectivity index is 2.29. The molecular weight excluding hydrogens is 166 g/mol. The van der Waals surface area contributed by atoms with E-state index in [1.807, 2.05) is 20.0 Å². The van der Waals surface area contributed by atoms with E-state index in [4.69, 9.17) is 9.52 Å². The van der Waals surface area contributed by atoms with Crippen LogP contribution in [0.5, 0.6) is 0 Å². The highest BCUT2D eigenvalue weighted by atomic mass is 16.3. The van der Waals surface area contributed by atoms with Gasteiger partial charge in [-0.05, 0) is 19.0 Å². The fourth-order valence-corrected chi connectivity index (χ4v) is 1.35. The minimum absolute atomic E-state index is 0.246. The molecule has 0 aromatic carbocycles. The summed E-state index contributed by atoms with van der Waals surface area (Å²) in [6.07, 6.45) is 3.43. The second-order valence-electron chi connectivity index (χ2n) is 3.62. The SMILES string of the molecule is CC(CO)CN(C)Cc1ccoc1. The van der Waals surface area contributed by atoms with Gasteiger partial charge in [0.25, 0.3) is 0 Å². The molecule has 0 aliphatic carbocycles. The molecule has 3 heteroatoms. The van der Waals surface area contributed by atoms with Gasteiger partial charge >= 0.3 is 0 Å². The first kappa shape index (κ1) is 10.3. The Morgan fingerprint density at radius 1 is 1.62 bits per heavy atom. The molecule has 1 unspecified atom stereocenters. The third kappa shape index (κ3) is 3.61. The number of nitrogens with zero attached hydrogens (tertiary/aromatic N) is 1. The lowest BCUT2D eigenvalue weighted by molar-refractivity contribution is 0.187. The molecule has 0 aliphatic rings. The molecule has 0 fully saturated rings. The zero-order chi connectivity index (χ0) is 9.68. The van der Waals surface area contributed by atoms with Gasteiger partial charge in [0.05, 0.1) is 12.5 Å². The Morgan fingerprint density at radius 3 is 2.92 bits per heavy atom. The Hall–Kier alpha value is -0.800. The highest BCUT2D eigenvalue weighted by Crippen LogP contribution is 2.05. The van der Waals surface area contributed by atoms with E-state index in [1.54, 1.807) is 12.5 Å². The van der Waals surface area contributed by atoms with Crippen molar-refractivity contribution in [3.8, 4) is 0 Å². The first-order valence-electron chi connectivity index (χ1n) is 4.53. The summed E-state index contributed by atoms with van der Waals surface area (Å²) in [6.45, 7) is 4.06. The van der Waals surface area contributed by atoms with E-state index in [0.717, 1.165) is 13.1 Å². The van der Waals surface area contributed by atoms with Crippen LogP contribution in [0, 0.1) is 5.92 Å². The van der Waals surface area contributed by atoms with Gasteiger partial charge in [0.15, 0.2) is 0 Å². The highest BCUT2D eigenvalue weighted by molar-refractivity contribution is 5.04. The molecule has 0 bridgehead atoms. The third-order valence-electron chi connectivity index (χ3n) is 1.97. The van der Waals surface area contributed by atoms with Crippen LogP contribution in [0.4, 0.5) is 0 Å². The van der Waals surface area contributed by atoms with Gasteiger partial charge in [-0.2, -0.15) is 0 Å². The fraction of sp³-hybridized carbons (Fsp3) is 0.600. The summed E-state index contributed by atoms with van der Waals surface area (Å²) < 4.78 is 4.97. The van der Waals surface area contributed by atoms with Gasteiger partial charge in [-0.1, -0.05) is 6.92 Å². The van der Waals surface area contributed by atoms with E-state index in [0.29, 0.717) is 5.92 Å². The van der Waals surface area contributed by atoms with Gasteiger partial charge in [-0.3, -0.25) is 0 Å². The van der Waals surface area contributed by atoms with E-state index < -0.39 is 0 Å². The molecule has 1 heterocycles. The number of furan rings is 1. The topological polar surface area (TPSA) is 36.6 Å². The highest BCUT2D eigenvalue weighted by Gasteiger charge is 2.05. The zero-order valence-corrected chi connectivity index (χ0v) is 8.23. The summed E-state index contributed by atoms with van der Waals surface area (Å²) in [5, 5.41) is 8.86. The van der Waals surface area contributed by atoms with Gasteiger partial charge < -0.3 is 14.4 Å². The van der Waals surface area contributed by atoms with Gasteiger partial charge in [0.1, 0.15) is 0 Å². The van der Waals surface area contributed by atoms with Crippen LogP contribution in [0.3, 0.4) is 0 Å². The van der Waals surface area contributed by atoms with Gasteiger partial charge in [0.2, 0.25) is 0 Å². The summed E-state index contributed by atoms with van der Waals surface area (Å²) in [4.78, 5) is 2.17. The first-order chi connectivity index (χ1) is 6.22. The van der Waals surface area contributed by atoms with Crippen LogP contribution in [0.15, 0.2) is 23.0 Å². The largest absolute Gasteiger partial charge is 0.472 e. The smallest absolute Gasteiger partial charge is 0.0947 e. The lowest BCUT2D eigenvalue weighted by Gasteiger charge is -2.18. The Kier molecular flexibility index (Phi) is 3.99. The van der Waals surface area contributed by atoms with Gasteiger partial charge in [-0.15, -0.1) is 0 Å². The van der Waals surface area contributed by atoms with E-state index in [-0.39, 0.29) is 6.61 Å². The van der Waals surface area contributed by atoms with E-state index in [1.165, 1.54) is 5.56 Å². The maximum Gasteiger partial charge on any atom is 0.0947 e. The van der Waals surface area contributed by atoms with Crippen LogP contribution >= 0.6 is 0 Å². The lowest BCUT2D eigenvalue weighted by Crippen LogP contribution is -2.25. The zero-order valence-electron chi connectivity index (χ0n) is 8.23. The fourth-order valence-electron chi connectivity index (χ4n) is 1.35. The summed E-state index contributed by atoms with van der Waals surface area (Å²) >= 11 is 0. The Labute approximate surface area is 79.0 Å². The first-order valence-corrected chi connectivity index (χ1v) is 4.53. The van der Waals surface area contributed by atoms with E-state index >= 15 is 0 Å². The van der Waals surface area contributed by atoms with Crippen molar-refractivity contribution in [3.05, 3.63) is 24.2 Å². The summed E-state index contributed by atoms with van der Waals surface area (Å²) in [5.41, 5.74) is 1.17. The van der Waals surface area contributed by atoms with Crippen molar-refractivity contribution in [2.24, 2.45) is 5.92 Å². The van der Waals surface area contributed by atoms with Crippen LogP contribution in [0.1, 0.15) is 12.5 Å². The monoisotopic (exact) mass is 183 g/mol. The minimum atomic E-state index is 0.246. The minimum Gasteiger partial charge on any atom is -0.472 e. The van der Waals surface area contributed by atoms with Crippen molar-refractivity contribution in [1.29, 1.82) is 0 Å². The average Bonchev–Trinajstić information content (AvgIpc) is 2.56. The van der Waals surface area contributed by atoms with Crippen molar-refractivity contribution >= 4 is 0 Å². The number of aliphatic hydroxyl groups is 1. The maximum absolute atomic E-state index is 8.86. The molecule has 13 heavy (non-hydrogen) atoms. The molecule has 1 N–H and O–H groups in total. The molecule has 1 aromatic heterocycles. The molecule has 0 amide bonds. The molecule has 1 atom stereocenters. The number of rotatable bonds is 5. The lowest BCUT2D eigenvalue weighted by atomic mass is 10.2. The predicted octanol–water partition coefficient (Wildman–Crippen LogP) is 1.34. The molecule has 1 aromatic rings. The Bertz CT molecular complexity index is 221. The van der Waals surface area contributed by atoms with Crippen LogP contribution in [0.2, 0.25) is 0 Å². The molecule has 3 nitrogen and oxygen atoms in total.